The van der Waals surface area contributed by atoms with E-state index in [2.05, 4.69) is 34.2 Å². The molecule has 0 spiro atoms. The molecule has 0 bridgehead atoms. The SMILES string of the molecule is CNC(c1ccnc(C)n1)c1c(OC)cnn1C(C)C. The molecule has 1 N–H and O–H groups in total. The van der Waals surface area contributed by atoms with Gasteiger partial charge in [-0.25, -0.2) is 9.97 Å². The molecule has 0 saturated heterocycles. The molecule has 0 aliphatic carbocycles. The zero-order chi connectivity index (χ0) is 14.7. The Hall–Kier alpha value is -1.95. The standard InChI is InChI=1S/C14H21N5O/c1-9(2)19-14(12(20-5)8-17-19)13(15-4)11-6-7-16-10(3)18-11/h6-9,13,15H,1-5H3. The monoisotopic (exact) mass is 275 g/mol. The van der Waals surface area contributed by atoms with Gasteiger partial charge in [-0.1, -0.05) is 0 Å². The maximum atomic E-state index is 5.44. The fourth-order valence-corrected chi connectivity index (χ4v) is 2.26. The van der Waals surface area contributed by atoms with Crippen LogP contribution in [0.15, 0.2) is 18.5 Å². The molecule has 1 atom stereocenters. The Morgan fingerprint density at radius 1 is 1.35 bits per heavy atom. The Morgan fingerprint density at radius 2 is 2.10 bits per heavy atom. The summed E-state index contributed by atoms with van der Waals surface area (Å²) in [6.45, 7) is 6.06. The highest BCUT2D eigenvalue weighted by atomic mass is 16.5. The number of ether oxygens (including phenoxy) is 1. The molecule has 2 heterocycles. The summed E-state index contributed by atoms with van der Waals surface area (Å²) >= 11 is 0. The van der Waals surface area contributed by atoms with Crippen molar-refractivity contribution in [2.75, 3.05) is 14.2 Å². The number of nitrogens with one attached hydrogen (secondary N) is 1. The first-order valence-electron chi connectivity index (χ1n) is 6.66. The quantitative estimate of drug-likeness (QED) is 0.902. The van der Waals surface area contributed by atoms with Crippen LogP contribution in [0.25, 0.3) is 0 Å². The molecule has 6 heteroatoms. The van der Waals surface area contributed by atoms with E-state index < -0.39 is 0 Å². The third kappa shape index (κ3) is 2.65. The fraction of sp³-hybridized carbons (Fsp3) is 0.500. The van der Waals surface area contributed by atoms with Crippen molar-refractivity contribution in [2.24, 2.45) is 0 Å². The molecule has 0 aliphatic rings. The van der Waals surface area contributed by atoms with Gasteiger partial charge in [-0.2, -0.15) is 5.10 Å². The topological polar surface area (TPSA) is 64.9 Å². The summed E-state index contributed by atoms with van der Waals surface area (Å²) in [5.74, 6) is 1.51. The minimum Gasteiger partial charge on any atom is -0.493 e. The summed E-state index contributed by atoms with van der Waals surface area (Å²) in [6, 6.07) is 2.06. The molecular formula is C14H21N5O. The minimum atomic E-state index is -0.0865. The summed E-state index contributed by atoms with van der Waals surface area (Å²) in [7, 11) is 3.56. The average molecular weight is 275 g/mol. The van der Waals surface area contributed by atoms with Gasteiger partial charge in [-0.15, -0.1) is 0 Å². The van der Waals surface area contributed by atoms with E-state index in [1.807, 2.05) is 24.7 Å². The normalized spacial score (nSPS) is 12.7. The van der Waals surface area contributed by atoms with E-state index in [1.165, 1.54) is 0 Å². The van der Waals surface area contributed by atoms with E-state index in [9.17, 15) is 0 Å². The second kappa shape index (κ2) is 6.00. The lowest BCUT2D eigenvalue weighted by Gasteiger charge is -2.20. The van der Waals surface area contributed by atoms with E-state index in [4.69, 9.17) is 4.74 Å². The average Bonchev–Trinajstić information content (AvgIpc) is 2.84. The minimum absolute atomic E-state index is 0.0865. The fourth-order valence-electron chi connectivity index (χ4n) is 2.26. The van der Waals surface area contributed by atoms with Crippen LogP contribution in [0.4, 0.5) is 0 Å². The number of hydrogen-bond acceptors (Lipinski definition) is 5. The number of hydrogen-bond donors (Lipinski definition) is 1. The van der Waals surface area contributed by atoms with Crippen LogP contribution in [0.1, 0.15) is 43.1 Å². The summed E-state index contributed by atoms with van der Waals surface area (Å²) in [4.78, 5) is 8.65. The second-order valence-electron chi connectivity index (χ2n) is 4.89. The second-order valence-corrected chi connectivity index (χ2v) is 4.89. The van der Waals surface area contributed by atoms with Crippen LogP contribution < -0.4 is 10.1 Å². The van der Waals surface area contributed by atoms with Crippen molar-refractivity contribution in [1.82, 2.24) is 25.1 Å². The van der Waals surface area contributed by atoms with Crippen LogP contribution in [-0.4, -0.2) is 33.9 Å². The Morgan fingerprint density at radius 3 is 2.65 bits per heavy atom. The lowest BCUT2D eigenvalue weighted by Crippen LogP contribution is -2.24. The van der Waals surface area contributed by atoms with Crippen LogP contribution in [0.5, 0.6) is 5.75 Å². The van der Waals surface area contributed by atoms with Gasteiger partial charge in [0, 0.05) is 12.2 Å². The van der Waals surface area contributed by atoms with E-state index in [0.29, 0.717) is 0 Å². The molecule has 0 amide bonds. The molecule has 0 fully saturated rings. The predicted octanol–water partition coefficient (Wildman–Crippen LogP) is 1.88. The highest BCUT2D eigenvalue weighted by molar-refractivity contribution is 5.34. The summed E-state index contributed by atoms with van der Waals surface area (Å²) in [6.07, 6.45) is 3.51. The molecule has 1 unspecified atom stereocenters. The van der Waals surface area contributed by atoms with Crippen LogP contribution in [0.2, 0.25) is 0 Å². The van der Waals surface area contributed by atoms with Gasteiger partial charge in [0.2, 0.25) is 0 Å². The summed E-state index contributed by atoms with van der Waals surface area (Å²) in [5.41, 5.74) is 1.88. The van der Waals surface area contributed by atoms with Gasteiger partial charge in [0.1, 0.15) is 11.5 Å². The predicted molar refractivity (Wildman–Crippen MR) is 76.8 cm³/mol. The maximum absolute atomic E-state index is 5.44. The van der Waals surface area contributed by atoms with Gasteiger partial charge in [-0.3, -0.25) is 4.68 Å². The molecule has 20 heavy (non-hydrogen) atoms. The smallest absolute Gasteiger partial charge is 0.162 e. The molecule has 0 aliphatic heterocycles. The molecule has 0 radical (unpaired) electrons. The highest BCUT2D eigenvalue weighted by Crippen LogP contribution is 2.30. The first kappa shape index (κ1) is 14.5. The van der Waals surface area contributed by atoms with Crippen LogP contribution in [-0.2, 0) is 0 Å². The van der Waals surface area contributed by atoms with Crippen LogP contribution in [0, 0.1) is 6.92 Å². The van der Waals surface area contributed by atoms with Crippen molar-refractivity contribution < 1.29 is 4.74 Å². The van der Waals surface area contributed by atoms with Gasteiger partial charge in [0.25, 0.3) is 0 Å². The molecule has 0 saturated carbocycles. The summed E-state index contributed by atoms with van der Waals surface area (Å²) in [5, 5.41) is 7.70. The number of rotatable bonds is 5. The lowest BCUT2D eigenvalue weighted by atomic mass is 10.1. The molecule has 2 aromatic heterocycles. The Labute approximate surface area is 119 Å². The van der Waals surface area contributed by atoms with E-state index in [1.54, 1.807) is 19.5 Å². The van der Waals surface area contributed by atoms with Gasteiger partial charge in [0.15, 0.2) is 5.75 Å². The van der Waals surface area contributed by atoms with Crippen molar-refractivity contribution >= 4 is 0 Å². The van der Waals surface area contributed by atoms with Crippen molar-refractivity contribution in [3.8, 4) is 5.75 Å². The maximum Gasteiger partial charge on any atom is 0.162 e. The first-order chi connectivity index (χ1) is 9.58. The van der Waals surface area contributed by atoms with E-state index in [-0.39, 0.29) is 12.1 Å². The Kier molecular flexibility index (Phi) is 4.34. The first-order valence-corrected chi connectivity index (χ1v) is 6.66. The third-order valence-electron chi connectivity index (χ3n) is 3.16. The lowest BCUT2D eigenvalue weighted by molar-refractivity contribution is 0.395. The van der Waals surface area contributed by atoms with Gasteiger partial charge >= 0.3 is 0 Å². The van der Waals surface area contributed by atoms with Crippen molar-refractivity contribution in [1.29, 1.82) is 0 Å². The van der Waals surface area contributed by atoms with Crippen molar-refractivity contribution in [3.05, 3.63) is 35.7 Å². The molecule has 2 rings (SSSR count). The Bertz CT molecular complexity index is 579. The number of nitrogens with zero attached hydrogens (tertiary/aromatic N) is 4. The van der Waals surface area contributed by atoms with Crippen molar-refractivity contribution in [3.63, 3.8) is 0 Å². The molecule has 2 aromatic rings. The Balaban J connectivity index is 2.54. The largest absolute Gasteiger partial charge is 0.493 e. The highest BCUT2D eigenvalue weighted by Gasteiger charge is 2.24. The zero-order valence-electron chi connectivity index (χ0n) is 12.6. The molecular weight excluding hydrogens is 254 g/mol. The molecule has 6 nitrogen and oxygen atoms in total. The molecule has 0 aromatic carbocycles. The van der Waals surface area contributed by atoms with Crippen LogP contribution in [0.3, 0.4) is 0 Å². The summed E-state index contributed by atoms with van der Waals surface area (Å²) < 4.78 is 7.40. The zero-order valence-corrected chi connectivity index (χ0v) is 12.6. The van der Waals surface area contributed by atoms with E-state index >= 15 is 0 Å². The third-order valence-corrected chi connectivity index (χ3v) is 3.16. The van der Waals surface area contributed by atoms with Crippen molar-refractivity contribution in [2.45, 2.75) is 32.9 Å². The number of aromatic nitrogens is 4. The van der Waals surface area contributed by atoms with Gasteiger partial charge in [-0.05, 0) is 33.9 Å². The molecule has 108 valence electrons. The van der Waals surface area contributed by atoms with Crippen LogP contribution >= 0.6 is 0 Å². The van der Waals surface area contributed by atoms with E-state index in [0.717, 1.165) is 23.0 Å². The van der Waals surface area contributed by atoms with Gasteiger partial charge < -0.3 is 10.1 Å². The number of methoxy groups -OCH3 is 1. The van der Waals surface area contributed by atoms with Gasteiger partial charge in [0.05, 0.1) is 25.0 Å². The number of aryl methyl sites for hydroxylation is 1.